The first-order chi connectivity index (χ1) is 11.1. The highest BCUT2D eigenvalue weighted by Gasteiger charge is 2.35. The number of halogens is 1. The number of hydrogen-bond acceptors (Lipinski definition) is 3. The minimum Gasteiger partial charge on any atom is -0.378 e. The van der Waals surface area contributed by atoms with Gasteiger partial charge in [-0.05, 0) is 47.3 Å². The lowest BCUT2D eigenvalue weighted by Crippen LogP contribution is -2.34. The normalized spacial score (nSPS) is 24.2. The van der Waals surface area contributed by atoms with Crippen molar-refractivity contribution in [3.63, 3.8) is 0 Å². The van der Waals surface area contributed by atoms with Gasteiger partial charge in [0.1, 0.15) is 0 Å². The van der Waals surface area contributed by atoms with Crippen LogP contribution in [0.25, 0.3) is 0 Å². The van der Waals surface area contributed by atoms with Crippen molar-refractivity contribution in [3.8, 4) is 0 Å². The summed E-state index contributed by atoms with van der Waals surface area (Å²) < 4.78 is 6.41. The number of hydrogen-bond donors (Lipinski definition) is 1. The Kier molecular flexibility index (Phi) is 5.33. The first-order valence-corrected chi connectivity index (χ1v) is 8.88. The molecule has 1 aromatic rings. The second kappa shape index (κ2) is 7.45. The average Bonchev–Trinajstić information content (AvgIpc) is 3.17. The van der Waals surface area contributed by atoms with Gasteiger partial charge < -0.3 is 15.0 Å². The lowest BCUT2D eigenvalue weighted by atomic mass is 10.1. The molecule has 23 heavy (non-hydrogen) atoms. The van der Waals surface area contributed by atoms with Gasteiger partial charge in [0.05, 0.1) is 17.7 Å². The molecule has 2 aliphatic heterocycles. The summed E-state index contributed by atoms with van der Waals surface area (Å²) in [5.41, 5.74) is 0.826. The molecule has 2 amide bonds. The number of benzene rings is 1. The van der Waals surface area contributed by atoms with Crippen LogP contribution < -0.4 is 10.2 Å². The molecule has 5 nitrogen and oxygen atoms in total. The lowest BCUT2D eigenvalue weighted by molar-refractivity contribution is -0.126. The van der Waals surface area contributed by atoms with E-state index in [4.69, 9.17) is 4.74 Å². The van der Waals surface area contributed by atoms with Crippen molar-refractivity contribution in [2.24, 2.45) is 5.92 Å². The molecule has 2 fully saturated rings. The number of rotatable bonds is 5. The van der Waals surface area contributed by atoms with E-state index in [9.17, 15) is 9.59 Å². The Hall–Kier alpha value is -1.40. The van der Waals surface area contributed by atoms with Gasteiger partial charge in [-0.1, -0.05) is 12.1 Å². The van der Waals surface area contributed by atoms with Crippen LogP contribution in [0.2, 0.25) is 0 Å². The van der Waals surface area contributed by atoms with Crippen molar-refractivity contribution in [2.45, 2.75) is 31.8 Å². The number of anilines is 1. The zero-order valence-corrected chi connectivity index (χ0v) is 14.5. The fourth-order valence-corrected chi connectivity index (χ4v) is 3.66. The van der Waals surface area contributed by atoms with Crippen LogP contribution in [0.15, 0.2) is 28.7 Å². The predicted molar refractivity (Wildman–Crippen MR) is 91.2 cm³/mol. The van der Waals surface area contributed by atoms with Crippen molar-refractivity contribution < 1.29 is 14.3 Å². The third-order valence-corrected chi connectivity index (χ3v) is 5.10. The quantitative estimate of drug-likeness (QED) is 0.853. The Morgan fingerprint density at radius 1 is 1.39 bits per heavy atom. The summed E-state index contributed by atoms with van der Waals surface area (Å²) in [6.45, 7) is 1.88. The fourth-order valence-electron chi connectivity index (χ4n) is 3.16. The number of carbonyl (C=O) groups excluding carboxylic acids is 2. The highest BCUT2D eigenvalue weighted by molar-refractivity contribution is 9.10. The number of ether oxygens (including phenoxy) is 1. The summed E-state index contributed by atoms with van der Waals surface area (Å²) in [4.78, 5) is 26.2. The zero-order valence-electron chi connectivity index (χ0n) is 13.0. The highest BCUT2D eigenvalue weighted by atomic mass is 79.9. The van der Waals surface area contributed by atoms with E-state index in [1.165, 1.54) is 0 Å². The van der Waals surface area contributed by atoms with Crippen LogP contribution in [0, 0.1) is 5.92 Å². The molecule has 0 saturated carbocycles. The average molecular weight is 381 g/mol. The van der Waals surface area contributed by atoms with Crippen LogP contribution in [0.3, 0.4) is 0 Å². The molecular weight excluding hydrogens is 360 g/mol. The van der Waals surface area contributed by atoms with Gasteiger partial charge in [-0.2, -0.15) is 0 Å². The van der Waals surface area contributed by atoms with Gasteiger partial charge in [0, 0.05) is 30.6 Å². The minimum atomic E-state index is -0.279. The minimum absolute atomic E-state index is 0.00354. The Morgan fingerprint density at radius 3 is 2.96 bits per heavy atom. The van der Waals surface area contributed by atoms with Crippen LogP contribution in [0.5, 0.6) is 0 Å². The van der Waals surface area contributed by atoms with Gasteiger partial charge in [0.25, 0.3) is 0 Å². The topological polar surface area (TPSA) is 58.6 Å². The molecule has 0 spiro atoms. The predicted octanol–water partition coefficient (Wildman–Crippen LogP) is 2.49. The standard InChI is InChI=1S/C17H21BrN2O3/c18-14-5-1-2-6-15(14)20-11-12(10-16(20)21)17(22)19-8-7-13-4-3-9-23-13/h1-2,5-6,12-13H,3-4,7-11H2,(H,19,22). The van der Waals surface area contributed by atoms with Crippen LogP contribution in [-0.2, 0) is 14.3 Å². The number of nitrogens with zero attached hydrogens (tertiary/aromatic N) is 1. The molecule has 6 heteroatoms. The molecule has 2 atom stereocenters. The molecular formula is C17H21BrN2O3. The van der Waals surface area contributed by atoms with E-state index in [1.54, 1.807) is 4.90 Å². The molecule has 2 saturated heterocycles. The van der Waals surface area contributed by atoms with Gasteiger partial charge in [-0.25, -0.2) is 0 Å². The second-order valence-electron chi connectivity index (χ2n) is 6.07. The molecule has 0 aromatic heterocycles. The Bertz CT molecular complexity index is 587. The molecule has 1 N–H and O–H groups in total. The Balaban J connectivity index is 1.52. The third kappa shape index (κ3) is 3.93. The number of para-hydroxylation sites is 1. The number of carbonyl (C=O) groups is 2. The first-order valence-electron chi connectivity index (χ1n) is 8.09. The van der Waals surface area contributed by atoms with Crippen molar-refractivity contribution in [1.82, 2.24) is 5.32 Å². The highest BCUT2D eigenvalue weighted by Crippen LogP contribution is 2.31. The summed E-state index contributed by atoms with van der Waals surface area (Å²) in [7, 11) is 0. The maximum Gasteiger partial charge on any atom is 0.227 e. The van der Waals surface area contributed by atoms with E-state index < -0.39 is 0 Å². The largest absolute Gasteiger partial charge is 0.378 e. The first kappa shape index (κ1) is 16.5. The molecule has 2 aliphatic rings. The summed E-state index contributed by atoms with van der Waals surface area (Å²) in [5, 5.41) is 2.95. The van der Waals surface area contributed by atoms with E-state index >= 15 is 0 Å². The van der Waals surface area contributed by atoms with Gasteiger partial charge in [-0.3, -0.25) is 9.59 Å². The van der Waals surface area contributed by atoms with Gasteiger partial charge in [-0.15, -0.1) is 0 Å². The van der Waals surface area contributed by atoms with Crippen molar-refractivity contribution in [2.75, 3.05) is 24.6 Å². The van der Waals surface area contributed by atoms with E-state index in [0.29, 0.717) is 13.1 Å². The fraction of sp³-hybridized carbons (Fsp3) is 0.529. The van der Waals surface area contributed by atoms with Gasteiger partial charge in [0.15, 0.2) is 0 Å². The Labute approximate surface area is 144 Å². The molecule has 0 radical (unpaired) electrons. The van der Waals surface area contributed by atoms with E-state index in [2.05, 4.69) is 21.2 Å². The second-order valence-corrected chi connectivity index (χ2v) is 6.93. The molecule has 0 aliphatic carbocycles. The van der Waals surface area contributed by atoms with Crippen molar-refractivity contribution >= 4 is 33.4 Å². The summed E-state index contributed by atoms with van der Waals surface area (Å²) in [5.74, 6) is -0.318. The van der Waals surface area contributed by atoms with E-state index in [0.717, 1.165) is 36.0 Å². The van der Waals surface area contributed by atoms with E-state index in [1.807, 2.05) is 24.3 Å². The van der Waals surface area contributed by atoms with Crippen molar-refractivity contribution in [1.29, 1.82) is 0 Å². The molecule has 124 valence electrons. The van der Waals surface area contributed by atoms with Gasteiger partial charge >= 0.3 is 0 Å². The maximum atomic E-state index is 12.3. The summed E-state index contributed by atoms with van der Waals surface area (Å²) >= 11 is 3.46. The molecule has 2 unspecified atom stereocenters. The van der Waals surface area contributed by atoms with Crippen molar-refractivity contribution in [3.05, 3.63) is 28.7 Å². The van der Waals surface area contributed by atoms with Crippen LogP contribution in [0.1, 0.15) is 25.7 Å². The maximum absolute atomic E-state index is 12.3. The summed E-state index contributed by atoms with van der Waals surface area (Å²) in [6.07, 6.45) is 3.58. The van der Waals surface area contributed by atoms with Crippen LogP contribution in [0.4, 0.5) is 5.69 Å². The molecule has 3 rings (SSSR count). The zero-order chi connectivity index (χ0) is 16.2. The van der Waals surface area contributed by atoms with Gasteiger partial charge in [0.2, 0.25) is 11.8 Å². The number of nitrogens with one attached hydrogen (secondary N) is 1. The number of amides is 2. The van der Waals surface area contributed by atoms with Crippen LogP contribution in [-0.4, -0.2) is 37.6 Å². The Morgan fingerprint density at radius 2 is 2.22 bits per heavy atom. The van der Waals surface area contributed by atoms with E-state index in [-0.39, 0.29) is 30.3 Å². The molecule has 0 bridgehead atoms. The monoisotopic (exact) mass is 380 g/mol. The SMILES string of the molecule is O=C(NCCC1CCCO1)C1CC(=O)N(c2ccccc2Br)C1. The molecule has 1 aromatic carbocycles. The summed E-state index contributed by atoms with van der Waals surface area (Å²) in [6, 6.07) is 7.59. The smallest absolute Gasteiger partial charge is 0.227 e. The lowest BCUT2D eigenvalue weighted by Gasteiger charge is -2.18. The third-order valence-electron chi connectivity index (χ3n) is 4.43. The molecule has 2 heterocycles. The van der Waals surface area contributed by atoms with Crippen LogP contribution >= 0.6 is 15.9 Å².